The van der Waals surface area contributed by atoms with Gasteiger partial charge in [-0.1, -0.05) is 48.9 Å². The zero-order valence-electron chi connectivity index (χ0n) is 19.8. The number of H-pyrrole nitrogens is 1. The number of nitrogens with one attached hydrogen (secondary N) is 1. The van der Waals surface area contributed by atoms with E-state index in [-0.39, 0.29) is 24.1 Å². The van der Waals surface area contributed by atoms with Crippen LogP contribution in [0, 0.1) is 6.92 Å². The van der Waals surface area contributed by atoms with Crippen molar-refractivity contribution in [2.45, 2.75) is 32.9 Å². The van der Waals surface area contributed by atoms with Crippen LogP contribution in [0.3, 0.4) is 0 Å². The van der Waals surface area contributed by atoms with Crippen LogP contribution in [0.4, 0.5) is 0 Å². The van der Waals surface area contributed by atoms with Crippen LogP contribution in [0.1, 0.15) is 42.1 Å². The Kier molecular flexibility index (Phi) is 6.29. The average molecular weight is 470 g/mol. The summed E-state index contributed by atoms with van der Waals surface area (Å²) in [6.45, 7) is 5.10. The van der Waals surface area contributed by atoms with Crippen molar-refractivity contribution in [1.82, 2.24) is 19.9 Å². The number of hydrogen-bond acceptors (Lipinski definition) is 6. The summed E-state index contributed by atoms with van der Waals surface area (Å²) in [7, 11) is 0. The van der Waals surface area contributed by atoms with E-state index in [4.69, 9.17) is 9.52 Å². The first-order valence-corrected chi connectivity index (χ1v) is 11.7. The number of fused-ring (bicyclic) bond motifs is 1. The van der Waals surface area contributed by atoms with Crippen molar-refractivity contribution >= 4 is 22.5 Å². The van der Waals surface area contributed by atoms with Crippen molar-refractivity contribution in [2.24, 2.45) is 5.10 Å². The standard InChI is InChI=1S/C27H27N5O3/c1-3-31(16-25-28-21-8-5-4-7-20(21)27(34)29-25)17-26(33)32-23(24-9-6-14-35-24)15-22(30-32)19-12-10-18(2)11-13-19/h4-14,23H,3,15-17H2,1-2H3,(H,28,29,34)/t23-/m1/s1. The maximum Gasteiger partial charge on any atom is 0.258 e. The molecule has 8 nitrogen and oxygen atoms in total. The van der Waals surface area contributed by atoms with E-state index >= 15 is 0 Å². The fourth-order valence-electron chi connectivity index (χ4n) is 4.33. The largest absolute Gasteiger partial charge is 0.467 e. The molecule has 3 heterocycles. The molecule has 4 aromatic rings. The van der Waals surface area contributed by atoms with Crippen molar-refractivity contribution in [3.63, 3.8) is 0 Å². The monoisotopic (exact) mass is 469 g/mol. The van der Waals surface area contributed by atoms with Gasteiger partial charge in [0, 0.05) is 6.42 Å². The Morgan fingerprint density at radius 1 is 1.14 bits per heavy atom. The van der Waals surface area contributed by atoms with Gasteiger partial charge in [0.2, 0.25) is 0 Å². The van der Waals surface area contributed by atoms with Crippen molar-refractivity contribution in [3.8, 4) is 0 Å². The minimum absolute atomic E-state index is 0.134. The highest BCUT2D eigenvalue weighted by Crippen LogP contribution is 2.33. The van der Waals surface area contributed by atoms with Gasteiger partial charge < -0.3 is 9.40 Å². The number of para-hydroxylation sites is 1. The third-order valence-corrected chi connectivity index (χ3v) is 6.26. The molecule has 2 aromatic heterocycles. The summed E-state index contributed by atoms with van der Waals surface area (Å²) in [5, 5.41) is 6.80. The van der Waals surface area contributed by atoms with Crippen LogP contribution in [-0.4, -0.2) is 44.6 Å². The van der Waals surface area contributed by atoms with Crippen LogP contribution in [0.2, 0.25) is 0 Å². The first kappa shape index (κ1) is 22.7. The number of hydrazone groups is 1. The molecule has 0 radical (unpaired) electrons. The number of benzene rings is 2. The van der Waals surface area contributed by atoms with Gasteiger partial charge in [0.15, 0.2) is 0 Å². The minimum atomic E-state index is -0.300. The highest BCUT2D eigenvalue weighted by Gasteiger charge is 2.35. The normalized spacial score (nSPS) is 15.7. The molecular weight excluding hydrogens is 442 g/mol. The molecule has 1 atom stereocenters. The molecule has 35 heavy (non-hydrogen) atoms. The fourth-order valence-corrected chi connectivity index (χ4v) is 4.33. The lowest BCUT2D eigenvalue weighted by molar-refractivity contribution is -0.134. The molecule has 0 spiro atoms. The summed E-state index contributed by atoms with van der Waals surface area (Å²) in [4.78, 5) is 35.3. The van der Waals surface area contributed by atoms with Gasteiger partial charge in [-0.15, -0.1) is 0 Å². The molecular formula is C27H27N5O3. The summed E-state index contributed by atoms with van der Waals surface area (Å²) in [5.74, 6) is 1.09. The Hall–Kier alpha value is -4.04. The van der Waals surface area contributed by atoms with Gasteiger partial charge in [-0.2, -0.15) is 5.10 Å². The molecule has 8 heteroatoms. The zero-order chi connectivity index (χ0) is 24.4. The van der Waals surface area contributed by atoms with Gasteiger partial charge in [-0.25, -0.2) is 9.99 Å². The van der Waals surface area contributed by atoms with E-state index < -0.39 is 0 Å². The maximum absolute atomic E-state index is 13.5. The predicted molar refractivity (Wildman–Crippen MR) is 134 cm³/mol. The number of aryl methyl sites for hydroxylation is 1. The Bertz CT molecular complexity index is 1420. The third-order valence-electron chi connectivity index (χ3n) is 6.26. The summed E-state index contributed by atoms with van der Waals surface area (Å²) in [6.07, 6.45) is 2.19. The van der Waals surface area contributed by atoms with Crippen LogP contribution in [0.5, 0.6) is 0 Å². The van der Waals surface area contributed by atoms with Crippen molar-refractivity contribution < 1.29 is 9.21 Å². The average Bonchev–Trinajstić information content (AvgIpc) is 3.54. The van der Waals surface area contributed by atoms with Crippen molar-refractivity contribution in [3.05, 3.63) is 100.0 Å². The van der Waals surface area contributed by atoms with Gasteiger partial charge >= 0.3 is 0 Å². The number of hydrogen-bond donors (Lipinski definition) is 1. The van der Waals surface area contributed by atoms with Crippen LogP contribution in [0.15, 0.2) is 81.2 Å². The molecule has 2 aromatic carbocycles. The molecule has 1 N–H and O–H groups in total. The van der Waals surface area contributed by atoms with Crippen LogP contribution < -0.4 is 5.56 Å². The fraction of sp³-hybridized carbons (Fsp3) is 0.259. The van der Waals surface area contributed by atoms with E-state index in [0.29, 0.717) is 42.0 Å². The highest BCUT2D eigenvalue weighted by atomic mass is 16.3. The molecule has 1 aliphatic heterocycles. The maximum atomic E-state index is 13.5. The summed E-state index contributed by atoms with van der Waals surface area (Å²) >= 11 is 0. The second-order valence-electron chi connectivity index (χ2n) is 8.72. The van der Waals surface area contributed by atoms with Gasteiger partial charge in [0.25, 0.3) is 11.5 Å². The van der Waals surface area contributed by atoms with Gasteiger partial charge in [0.1, 0.15) is 17.6 Å². The summed E-state index contributed by atoms with van der Waals surface area (Å²) in [6, 6.07) is 18.8. The first-order valence-electron chi connectivity index (χ1n) is 11.7. The SMILES string of the molecule is CCN(CC(=O)N1N=C(c2ccc(C)cc2)C[C@@H]1c1ccco1)Cc1nc2ccccc2c(=O)[nH]1. The van der Waals surface area contributed by atoms with Crippen LogP contribution in [-0.2, 0) is 11.3 Å². The molecule has 1 amide bonds. The lowest BCUT2D eigenvalue weighted by Crippen LogP contribution is -2.38. The number of likely N-dealkylation sites (N-methyl/N-ethyl adjacent to an activating group) is 1. The number of aromatic amines is 1. The third kappa shape index (κ3) is 4.79. The minimum Gasteiger partial charge on any atom is -0.467 e. The van der Waals surface area contributed by atoms with Crippen molar-refractivity contribution in [2.75, 3.05) is 13.1 Å². The Morgan fingerprint density at radius 2 is 1.94 bits per heavy atom. The van der Waals surface area contributed by atoms with E-state index in [0.717, 1.165) is 11.3 Å². The second-order valence-corrected chi connectivity index (χ2v) is 8.72. The lowest BCUT2D eigenvalue weighted by atomic mass is 10.0. The second kappa shape index (κ2) is 9.68. The number of nitrogens with zero attached hydrogens (tertiary/aromatic N) is 4. The number of rotatable bonds is 7. The van der Waals surface area contributed by atoms with E-state index in [1.165, 1.54) is 10.6 Å². The van der Waals surface area contributed by atoms with Crippen molar-refractivity contribution in [1.29, 1.82) is 0 Å². The van der Waals surface area contributed by atoms with E-state index in [1.54, 1.807) is 12.3 Å². The molecule has 0 fully saturated rings. The van der Waals surface area contributed by atoms with Gasteiger partial charge in [-0.3, -0.25) is 14.5 Å². The molecule has 0 unspecified atom stereocenters. The highest BCUT2D eigenvalue weighted by molar-refractivity contribution is 6.03. The number of carbonyl (C=O) groups excluding carboxylic acids is 1. The molecule has 0 saturated carbocycles. The number of aromatic nitrogens is 2. The van der Waals surface area contributed by atoms with E-state index in [1.807, 2.05) is 73.3 Å². The first-order chi connectivity index (χ1) is 17.0. The summed E-state index contributed by atoms with van der Waals surface area (Å²) in [5.41, 5.74) is 3.47. The van der Waals surface area contributed by atoms with Gasteiger partial charge in [-0.05, 0) is 43.3 Å². The molecule has 178 valence electrons. The Balaban J connectivity index is 1.37. The quantitative estimate of drug-likeness (QED) is 0.441. The van der Waals surface area contributed by atoms with Crippen LogP contribution >= 0.6 is 0 Å². The van der Waals surface area contributed by atoms with Crippen LogP contribution in [0.25, 0.3) is 10.9 Å². The van der Waals surface area contributed by atoms with E-state index in [9.17, 15) is 9.59 Å². The molecule has 0 bridgehead atoms. The molecule has 0 saturated heterocycles. The Labute approximate surface area is 202 Å². The van der Waals surface area contributed by atoms with Gasteiger partial charge in [0.05, 0.1) is 36.0 Å². The number of furan rings is 1. The molecule has 5 rings (SSSR count). The topological polar surface area (TPSA) is 94.8 Å². The smallest absolute Gasteiger partial charge is 0.258 e. The summed E-state index contributed by atoms with van der Waals surface area (Å²) < 4.78 is 5.65. The predicted octanol–water partition coefficient (Wildman–Crippen LogP) is 4.02. The van der Waals surface area contributed by atoms with E-state index in [2.05, 4.69) is 9.97 Å². The molecule has 1 aliphatic rings. The number of carbonyl (C=O) groups is 1. The molecule has 0 aliphatic carbocycles. The zero-order valence-corrected chi connectivity index (χ0v) is 19.8. The number of amides is 1. The Morgan fingerprint density at radius 3 is 2.69 bits per heavy atom. The lowest BCUT2D eigenvalue weighted by Gasteiger charge is -2.24.